The number of hydrogen-bond donors (Lipinski definition) is 2. The van der Waals surface area contributed by atoms with Gasteiger partial charge in [0.2, 0.25) is 0 Å². The maximum atomic E-state index is 12.3. The van der Waals surface area contributed by atoms with Crippen molar-refractivity contribution in [1.29, 1.82) is 0 Å². The number of benzene rings is 2. The summed E-state index contributed by atoms with van der Waals surface area (Å²) in [5, 5.41) is 11.7. The highest BCUT2D eigenvalue weighted by Crippen LogP contribution is 2.23. The molecule has 3 rings (SSSR count). The van der Waals surface area contributed by atoms with Crippen molar-refractivity contribution in [3.63, 3.8) is 0 Å². The van der Waals surface area contributed by atoms with Crippen molar-refractivity contribution in [3.8, 4) is 0 Å². The third-order valence-corrected chi connectivity index (χ3v) is 3.56. The molecule has 7 heteroatoms. The third kappa shape index (κ3) is 2.63. The second-order valence-electron chi connectivity index (χ2n) is 5.25. The number of anilines is 1. The van der Waals surface area contributed by atoms with Crippen LogP contribution in [0.1, 0.15) is 47.0 Å². The molecule has 0 atom stereocenters. The predicted molar refractivity (Wildman–Crippen MR) is 82.3 cm³/mol. The number of hydrogen-bond acceptors (Lipinski definition) is 5. The minimum Gasteiger partial charge on any atom is -0.478 e. The first-order valence-corrected chi connectivity index (χ1v) is 6.92. The van der Waals surface area contributed by atoms with E-state index in [0.717, 1.165) is 5.56 Å². The van der Waals surface area contributed by atoms with Gasteiger partial charge >= 0.3 is 17.9 Å². The van der Waals surface area contributed by atoms with E-state index in [0.29, 0.717) is 0 Å². The second kappa shape index (κ2) is 5.62. The van der Waals surface area contributed by atoms with E-state index in [1.807, 2.05) is 0 Å². The maximum absolute atomic E-state index is 12.3. The van der Waals surface area contributed by atoms with Crippen molar-refractivity contribution in [1.82, 2.24) is 0 Å². The van der Waals surface area contributed by atoms with Crippen LogP contribution in [0.2, 0.25) is 0 Å². The molecule has 0 saturated heterocycles. The van der Waals surface area contributed by atoms with E-state index in [1.165, 1.54) is 30.3 Å². The Labute approximate surface area is 135 Å². The summed E-state index contributed by atoms with van der Waals surface area (Å²) in [7, 11) is 0. The van der Waals surface area contributed by atoms with E-state index < -0.39 is 23.8 Å². The van der Waals surface area contributed by atoms with Gasteiger partial charge in [-0.2, -0.15) is 0 Å². The van der Waals surface area contributed by atoms with Crippen LogP contribution in [-0.4, -0.2) is 28.9 Å². The summed E-state index contributed by atoms with van der Waals surface area (Å²) in [6.45, 7) is 1.74. The minimum atomic E-state index is -1.17. The third-order valence-electron chi connectivity index (χ3n) is 3.56. The molecule has 120 valence electrons. The number of carboxylic acids is 1. The molecule has 0 unspecified atom stereocenters. The molecule has 24 heavy (non-hydrogen) atoms. The van der Waals surface area contributed by atoms with E-state index in [2.05, 4.69) is 10.1 Å². The normalized spacial score (nSPS) is 12.5. The average Bonchev–Trinajstić information content (AvgIpc) is 2.83. The number of ether oxygens (including phenoxy) is 1. The monoisotopic (exact) mass is 325 g/mol. The van der Waals surface area contributed by atoms with E-state index in [-0.39, 0.29) is 27.9 Å². The second-order valence-corrected chi connectivity index (χ2v) is 5.25. The molecule has 2 N–H and O–H groups in total. The lowest BCUT2D eigenvalue weighted by Gasteiger charge is -2.09. The number of cyclic esters (lactones) is 2. The summed E-state index contributed by atoms with van der Waals surface area (Å²) in [4.78, 5) is 46.5. The zero-order chi connectivity index (χ0) is 17.4. The van der Waals surface area contributed by atoms with Crippen molar-refractivity contribution in [2.24, 2.45) is 0 Å². The van der Waals surface area contributed by atoms with Crippen molar-refractivity contribution in [3.05, 3.63) is 64.2 Å². The molecule has 1 aliphatic heterocycles. The lowest BCUT2D eigenvalue weighted by molar-refractivity contribution is 0.0443. The smallest absolute Gasteiger partial charge is 0.346 e. The van der Waals surface area contributed by atoms with Crippen LogP contribution >= 0.6 is 0 Å². The van der Waals surface area contributed by atoms with Gasteiger partial charge in [0, 0.05) is 5.56 Å². The van der Waals surface area contributed by atoms with Gasteiger partial charge in [-0.3, -0.25) is 4.79 Å². The van der Waals surface area contributed by atoms with E-state index in [1.54, 1.807) is 13.0 Å². The van der Waals surface area contributed by atoms with Gasteiger partial charge in [-0.05, 0) is 37.3 Å². The Kier molecular flexibility index (Phi) is 3.61. The molecule has 0 radical (unpaired) electrons. The van der Waals surface area contributed by atoms with Crippen LogP contribution in [0.3, 0.4) is 0 Å². The van der Waals surface area contributed by atoms with Crippen LogP contribution in [0.4, 0.5) is 5.69 Å². The van der Waals surface area contributed by atoms with Crippen molar-refractivity contribution in [2.45, 2.75) is 6.92 Å². The summed E-state index contributed by atoms with van der Waals surface area (Å²) < 4.78 is 4.46. The molecule has 2 aromatic carbocycles. The number of aromatic carboxylic acids is 1. The Hall–Kier alpha value is -3.48. The molecular formula is C17H11NO6. The van der Waals surface area contributed by atoms with Crippen molar-refractivity contribution >= 4 is 29.5 Å². The molecule has 2 aromatic rings. The Morgan fingerprint density at radius 3 is 2.42 bits per heavy atom. The van der Waals surface area contributed by atoms with Crippen LogP contribution in [-0.2, 0) is 4.74 Å². The number of esters is 2. The zero-order valence-electron chi connectivity index (χ0n) is 12.5. The van der Waals surface area contributed by atoms with Crippen LogP contribution in [0.25, 0.3) is 0 Å². The number of fused-ring (bicyclic) bond motifs is 1. The SMILES string of the molecule is Cc1ccc(NC(=O)c2ccc3c(c2)C(=O)OC3=O)c(C(=O)O)c1. The quantitative estimate of drug-likeness (QED) is 0.661. The number of nitrogens with one attached hydrogen (secondary N) is 1. The number of carboxylic acid groups (broad SMARTS) is 1. The first-order chi connectivity index (χ1) is 11.4. The van der Waals surface area contributed by atoms with Gasteiger partial charge in [0.1, 0.15) is 0 Å². The minimum absolute atomic E-state index is 0.00927. The van der Waals surface area contributed by atoms with Crippen LogP contribution in [0, 0.1) is 6.92 Å². The Morgan fingerprint density at radius 2 is 1.71 bits per heavy atom. The zero-order valence-corrected chi connectivity index (χ0v) is 12.5. The van der Waals surface area contributed by atoms with Gasteiger partial charge in [0.15, 0.2) is 0 Å². The lowest BCUT2D eigenvalue weighted by Crippen LogP contribution is -2.15. The lowest BCUT2D eigenvalue weighted by atomic mass is 10.0. The molecule has 0 bridgehead atoms. The number of carbonyl (C=O) groups excluding carboxylic acids is 3. The van der Waals surface area contributed by atoms with E-state index in [4.69, 9.17) is 0 Å². The average molecular weight is 325 g/mol. The molecule has 1 heterocycles. The molecule has 0 saturated carbocycles. The highest BCUT2D eigenvalue weighted by Gasteiger charge is 2.30. The Morgan fingerprint density at radius 1 is 1.00 bits per heavy atom. The molecule has 0 spiro atoms. The summed E-state index contributed by atoms with van der Waals surface area (Å²) >= 11 is 0. The number of amides is 1. The van der Waals surface area contributed by atoms with Gasteiger partial charge in [0.25, 0.3) is 5.91 Å². The molecule has 7 nitrogen and oxygen atoms in total. The molecule has 0 aromatic heterocycles. The molecular weight excluding hydrogens is 314 g/mol. The fraction of sp³-hybridized carbons (Fsp3) is 0.0588. The largest absolute Gasteiger partial charge is 0.478 e. The molecule has 1 amide bonds. The van der Waals surface area contributed by atoms with Gasteiger partial charge in [-0.1, -0.05) is 11.6 Å². The van der Waals surface area contributed by atoms with Gasteiger partial charge in [0.05, 0.1) is 22.4 Å². The van der Waals surface area contributed by atoms with Crippen LogP contribution in [0.15, 0.2) is 36.4 Å². The Balaban J connectivity index is 1.92. The summed E-state index contributed by atoms with van der Waals surface area (Å²) in [5.74, 6) is -3.34. The van der Waals surface area contributed by atoms with Gasteiger partial charge in [-0.15, -0.1) is 0 Å². The molecule has 0 fully saturated rings. The fourth-order valence-electron chi connectivity index (χ4n) is 2.37. The van der Waals surface area contributed by atoms with Gasteiger partial charge < -0.3 is 15.2 Å². The predicted octanol–water partition coefficient (Wildman–Crippen LogP) is 2.26. The van der Waals surface area contributed by atoms with E-state index in [9.17, 15) is 24.3 Å². The van der Waals surface area contributed by atoms with Crippen LogP contribution in [0.5, 0.6) is 0 Å². The van der Waals surface area contributed by atoms with E-state index >= 15 is 0 Å². The first-order valence-electron chi connectivity index (χ1n) is 6.92. The first kappa shape index (κ1) is 15.4. The Bertz CT molecular complexity index is 915. The summed E-state index contributed by atoms with van der Waals surface area (Å²) in [5.41, 5.74) is 1.05. The number of aryl methyl sites for hydroxylation is 1. The summed E-state index contributed by atoms with van der Waals surface area (Å²) in [6, 6.07) is 8.53. The topological polar surface area (TPSA) is 110 Å². The van der Waals surface area contributed by atoms with Crippen molar-refractivity contribution in [2.75, 3.05) is 5.32 Å². The standard InChI is InChI=1S/C17H11NO6/c1-8-2-5-13(12(6-8)15(20)21)18-14(19)9-3-4-10-11(7-9)17(23)24-16(10)22/h2-7H,1H3,(H,18,19)(H,20,21). The molecule has 0 aliphatic carbocycles. The number of rotatable bonds is 3. The fourth-order valence-corrected chi connectivity index (χ4v) is 2.37. The maximum Gasteiger partial charge on any atom is 0.346 e. The number of carbonyl (C=O) groups is 4. The molecule has 1 aliphatic rings. The summed E-state index contributed by atoms with van der Waals surface area (Å²) in [6.07, 6.45) is 0. The van der Waals surface area contributed by atoms with Gasteiger partial charge in [-0.25, -0.2) is 14.4 Å². The van der Waals surface area contributed by atoms with Crippen molar-refractivity contribution < 1.29 is 29.0 Å². The highest BCUT2D eigenvalue weighted by atomic mass is 16.6. The highest BCUT2D eigenvalue weighted by molar-refractivity contribution is 6.16. The van der Waals surface area contributed by atoms with Crippen LogP contribution < -0.4 is 5.32 Å².